The normalized spacial score (nSPS) is 10.9. The molecule has 0 aliphatic rings. The maximum absolute atomic E-state index is 5.81. The molecule has 0 fully saturated rings. The Morgan fingerprint density at radius 3 is 2.62 bits per heavy atom. The van der Waals surface area contributed by atoms with Crippen LogP contribution in [0, 0.1) is 0 Å². The molecule has 1 N–H and O–H groups in total. The number of benzene rings is 1. The van der Waals surface area contributed by atoms with E-state index in [4.69, 9.17) is 11.6 Å². The van der Waals surface area contributed by atoms with Gasteiger partial charge in [-0.25, -0.2) is 4.98 Å². The van der Waals surface area contributed by atoms with Crippen molar-refractivity contribution in [1.29, 1.82) is 0 Å². The zero-order valence-corrected chi connectivity index (χ0v) is 11.6. The largest absolute Gasteiger partial charge is 0.289 e. The zero-order chi connectivity index (χ0) is 14.5. The van der Waals surface area contributed by atoms with Crippen LogP contribution in [0.3, 0.4) is 0 Å². The van der Waals surface area contributed by atoms with Gasteiger partial charge in [0.15, 0.2) is 11.6 Å². The second kappa shape index (κ2) is 6.15. The summed E-state index contributed by atoms with van der Waals surface area (Å²) < 4.78 is 1.77. The van der Waals surface area contributed by atoms with Gasteiger partial charge in [-0.05, 0) is 29.8 Å². The van der Waals surface area contributed by atoms with Crippen LogP contribution in [0.2, 0.25) is 5.02 Å². The monoisotopic (exact) mass is 298 g/mol. The number of aromatic nitrogens is 4. The minimum atomic E-state index is 0.559. The van der Waals surface area contributed by atoms with Crippen LogP contribution in [0.5, 0.6) is 0 Å². The van der Waals surface area contributed by atoms with Crippen molar-refractivity contribution in [3.8, 4) is 5.82 Å². The fraction of sp³-hybridized carbons (Fsp3) is 0. The van der Waals surface area contributed by atoms with Gasteiger partial charge in [0.25, 0.3) is 0 Å². The minimum absolute atomic E-state index is 0.559. The molecule has 3 rings (SSSR count). The van der Waals surface area contributed by atoms with Crippen molar-refractivity contribution in [1.82, 2.24) is 19.7 Å². The molecule has 0 saturated carbocycles. The lowest BCUT2D eigenvalue weighted by Crippen LogP contribution is -2.00. The van der Waals surface area contributed by atoms with E-state index in [0.717, 1.165) is 5.56 Å². The van der Waals surface area contributed by atoms with Gasteiger partial charge in [0.05, 0.1) is 6.21 Å². The predicted molar refractivity (Wildman–Crippen MR) is 81.8 cm³/mol. The molecule has 104 valence electrons. The van der Waals surface area contributed by atoms with Crippen LogP contribution in [0.4, 0.5) is 5.82 Å². The molecular weight excluding hydrogens is 288 g/mol. The first-order valence-electron chi connectivity index (χ1n) is 6.18. The molecule has 0 aliphatic carbocycles. The van der Waals surface area contributed by atoms with Gasteiger partial charge >= 0.3 is 0 Å². The molecule has 0 unspecified atom stereocenters. The van der Waals surface area contributed by atoms with Crippen LogP contribution < -0.4 is 5.43 Å². The van der Waals surface area contributed by atoms with E-state index in [1.165, 1.54) is 0 Å². The maximum atomic E-state index is 5.81. The van der Waals surface area contributed by atoms with E-state index in [2.05, 4.69) is 25.7 Å². The van der Waals surface area contributed by atoms with Gasteiger partial charge in [-0.1, -0.05) is 23.7 Å². The second-order valence-electron chi connectivity index (χ2n) is 4.17. The number of hydrogen-bond acceptors (Lipinski definition) is 5. The average molecular weight is 299 g/mol. The van der Waals surface area contributed by atoms with Gasteiger partial charge in [-0.15, -0.1) is 10.2 Å². The number of nitrogens with zero attached hydrogens (tertiary/aromatic N) is 5. The zero-order valence-electron chi connectivity index (χ0n) is 10.9. The Kier molecular flexibility index (Phi) is 3.88. The highest BCUT2D eigenvalue weighted by molar-refractivity contribution is 6.30. The van der Waals surface area contributed by atoms with Gasteiger partial charge in [0.2, 0.25) is 0 Å². The summed E-state index contributed by atoms with van der Waals surface area (Å²) >= 11 is 5.81. The van der Waals surface area contributed by atoms with Crippen molar-refractivity contribution >= 4 is 23.6 Å². The van der Waals surface area contributed by atoms with Gasteiger partial charge in [0, 0.05) is 17.4 Å². The quantitative estimate of drug-likeness (QED) is 0.594. The summed E-state index contributed by atoms with van der Waals surface area (Å²) in [4.78, 5) is 3.96. The van der Waals surface area contributed by atoms with Crippen LogP contribution >= 0.6 is 11.6 Å². The molecule has 0 bridgehead atoms. The van der Waals surface area contributed by atoms with Crippen molar-refractivity contribution in [2.45, 2.75) is 0 Å². The number of imidazole rings is 1. The molecule has 0 spiro atoms. The third-order valence-corrected chi connectivity index (χ3v) is 2.93. The number of hydrazone groups is 1. The third kappa shape index (κ3) is 3.43. The van der Waals surface area contributed by atoms with Gasteiger partial charge in [0.1, 0.15) is 6.33 Å². The molecular formula is C14H11ClN6. The molecule has 0 aliphatic heterocycles. The molecule has 0 amide bonds. The molecule has 3 aromatic rings. The first-order chi connectivity index (χ1) is 10.3. The van der Waals surface area contributed by atoms with Crippen LogP contribution in [-0.4, -0.2) is 26.0 Å². The van der Waals surface area contributed by atoms with Gasteiger partial charge in [-0.3, -0.25) is 9.99 Å². The van der Waals surface area contributed by atoms with E-state index in [1.807, 2.05) is 30.3 Å². The third-order valence-electron chi connectivity index (χ3n) is 2.68. The first-order valence-corrected chi connectivity index (χ1v) is 6.56. The molecule has 0 saturated heterocycles. The van der Waals surface area contributed by atoms with Gasteiger partial charge in [-0.2, -0.15) is 5.10 Å². The second-order valence-corrected chi connectivity index (χ2v) is 4.60. The summed E-state index contributed by atoms with van der Waals surface area (Å²) in [7, 11) is 0. The van der Waals surface area contributed by atoms with Crippen molar-refractivity contribution in [3.05, 3.63) is 65.7 Å². The van der Waals surface area contributed by atoms with Crippen LogP contribution in [-0.2, 0) is 0 Å². The molecule has 0 radical (unpaired) electrons. The predicted octanol–water partition coefficient (Wildman–Crippen LogP) is 2.76. The van der Waals surface area contributed by atoms with E-state index in [0.29, 0.717) is 16.7 Å². The number of rotatable bonds is 4. The molecule has 0 atom stereocenters. The van der Waals surface area contributed by atoms with Crippen LogP contribution in [0.25, 0.3) is 5.82 Å². The minimum Gasteiger partial charge on any atom is -0.289 e. The number of anilines is 1. The lowest BCUT2D eigenvalue weighted by Gasteiger charge is -2.01. The van der Waals surface area contributed by atoms with E-state index >= 15 is 0 Å². The van der Waals surface area contributed by atoms with Crippen LogP contribution in [0.1, 0.15) is 5.56 Å². The summed E-state index contributed by atoms with van der Waals surface area (Å²) in [5.74, 6) is 1.25. The molecule has 7 heteroatoms. The van der Waals surface area contributed by atoms with Gasteiger partial charge < -0.3 is 0 Å². The average Bonchev–Trinajstić information content (AvgIpc) is 3.04. The summed E-state index contributed by atoms with van der Waals surface area (Å²) in [5.41, 5.74) is 3.76. The maximum Gasteiger partial charge on any atom is 0.168 e. The Balaban J connectivity index is 1.64. The number of halogens is 1. The van der Waals surface area contributed by atoms with E-state index in [9.17, 15) is 0 Å². The van der Waals surface area contributed by atoms with Crippen molar-refractivity contribution in [2.24, 2.45) is 5.10 Å². The highest BCUT2D eigenvalue weighted by atomic mass is 35.5. The standard InChI is InChI=1S/C14H11ClN6/c15-12-3-1-11(2-4-12)9-17-18-13-5-6-14(20-19-13)21-8-7-16-10-21/h1-10H,(H,18,19)/b17-9+. The fourth-order valence-corrected chi connectivity index (χ4v) is 1.76. The van der Waals surface area contributed by atoms with Crippen molar-refractivity contribution < 1.29 is 0 Å². The Morgan fingerprint density at radius 1 is 1.10 bits per heavy atom. The Labute approximate surface area is 126 Å². The van der Waals surface area contributed by atoms with E-state index < -0.39 is 0 Å². The van der Waals surface area contributed by atoms with Crippen molar-refractivity contribution in [3.63, 3.8) is 0 Å². The van der Waals surface area contributed by atoms with Crippen molar-refractivity contribution in [2.75, 3.05) is 5.43 Å². The summed E-state index contributed by atoms with van der Waals surface area (Å²) in [6.07, 6.45) is 6.83. The first kappa shape index (κ1) is 13.3. The molecule has 2 heterocycles. The summed E-state index contributed by atoms with van der Waals surface area (Å²) in [6.45, 7) is 0. The van der Waals surface area contributed by atoms with Crippen LogP contribution in [0.15, 0.2) is 60.2 Å². The Hall–Kier alpha value is -2.73. The molecule has 21 heavy (non-hydrogen) atoms. The summed E-state index contributed by atoms with van der Waals surface area (Å²) in [6, 6.07) is 11.0. The SMILES string of the molecule is Clc1ccc(/C=N/Nc2ccc(-n3ccnc3)nn2)cc1. The summed E-state index contributed by atoms with van der Waals surface area (Å²) in [5, 5.41) is 12.9. The smallest absolute Gasteiger partial charge is 0.168 e. The number of hydrogen-bond donors (Lipinski definition) is 1. The van der Waals surface area contributed by atoms with E-state index in [1.54, 1.807) is 35.6 Å². The number of nitrogens with one attached hydrogen (secondary N) is 1. The lowest BCUT2D eigenvalue weighted by atomic mass is 10.2. The lowest BCUT2D eigenvalue weighted by molar-refractivity contribution is 0.911. The Morgan fingerprint density at radius 2 is 1.95 bits per heavy atom. The molecule has 1 aromatic carbocycles. The topological polar surface area (TPSA) is 68.0 Å². The molecule has 2 aromatic heterocycles. The fourth-order valence-electron chi connectivity index (χ4n) is 1.64. The molecule has 6 nitrogen and oxygen atoms in total. The highest BCUT2D eigenvalue weighted by Crippen LogP contribution is 2.08. The van der Waals surface area contributed by atoms with E-state index in [-0.39, 0.29) is 0 Å². The highest BCUT2D eigenvalue weighted by Gasteiger charge is 1.98. The Bertz CT molecular complexity index is 719.